The number of para-hydroxylation sites is 1. The summed E-state index contributed by atoms with van der Waals surface area (Å²) in [6, 6.07) is 7.83. The second kappa shape index (κ2) is 4.28. The highest BCUT2D eigenvalue weighted by Gasteiger charge is 2.28. The van der Waals surface area contributed by atoms with E-state index in [2.05, 4.69) is 5.92 Å². The minimum atomic E-state index is -0.753. The molecule has 1 N–H and O–H groups in total. The molecule has 1 unspecified atom stereocenters. The minimum Gasteiger partial charge on any atom is -0.481 e. The number of anilines is 1. The van der Waals surface area contributed by atoms with Crippen LogP contribution in [0.15, 0.2) is 24.3 Å². The van der Waals surface area contributed by atoms with E-state index in [0.717, 1.165) is 11.3 Å². The third-order valence-corrected chi connectivity index (χ3v) is 2.87. The number of benzene rings is 1. The lowest BCUT2D eigenvalue weighted by molar-refractivity contribution is -0.141. The van der Waals surface area contributed by atoms with Crippen molar-refractivity contribution in [3.8, 4) is 12.3 Å². The summed E-state index contributed by atoms with van der Waals surface area (Å²) in [4.78, 5) is 13.0. The molecule has 0 radical (unpaired) electrons. The van der Waals surface area contributed by atoms with Gasteiger partial charge in [-0.2, -0.15) is 0 Å². The van der Waals surface area contributed by atoms with Gasteiger partial charge in [-0.3, -0.25) is 4.79 Å². The largest absolute Gasteiger partial charge is 0.481 e. The second-order valence-corrected chi connectivity index (χ2v) is 3.95. The number of nitrogens with zero attached hydrogens (tertiary/aromatic N) is 1. The third kappa shape index (κ3) is 1.87. The molecule has 0 amide bonds. The molecule has 0 fully saturated rings. The topological polar surface area (TPSA) is 40.5 Å². The smallest absolute Gasteiger partial charge is 0.308 e. The molecule has 16 heavy (non-hydrogen) atoms. The third-order valence-electron chi connectivity index (χ3n) is 2.87. The van der Waals surface area contributed by atoms with Crippen molar-refractivity contribution >= 4 is 11.7 Å². The molecule has 3 heteroatoms. The number of hydrogen-bond donors (Lipinski definition) is 1. The highest BCUT2D eigenvalue weighted by Crippen LogP contribution is 2.29. The van der Waals surface area contributed by atoms with Gasteiger partial charge < -0.3 is 10.0 Å². The van der Waals surface area contributed by atoms with Crippen molar-refractivity contribution in [2.24, 2.45) is 5.92 Å². The Morgan fingerprint density at radius 2 is 2.31 bits per heavy atom. The van der Waals surface area contributed by atoms with Gasteiger partial charge in [0, 0.05) is 12.2 Å². The minimum absolute atomic E-state index is 0.358. The summed E-state index contributed by atoms with van der Waals surface area (Å²) in [5.41, 5.74) is 2.13. The number of fused-ring (bicyclic) bond motifs is 1. The molecule has 82 valence electrons. The van der Waals surface area contributed by atoms with Gasteiger partial charge >= 0.3 is 5.97 Å². The standard InChI is InChI=1S/C13H13NO2/c1-2-7-14-9-11(13(15)16)8-10-5-3-4-6-12(10)14/h1,3-6,11H,7-9H2,(H,15,16). The lowest BCUT2D eigenvalue weighted by Gasteiger charge is -2.33. The first-order valence-corrected chi connectivity index (χ1v) is 5.21. The van der Waals surface area contributed by atoms with Gasteiger partial charge in [-0.15, -0.1) is 6.42 Å². The Labute approximate surface area is 94.7 Å². The molecule has 1 aliphatic heterocycles. The quantitative estimate of drug-likeness (QED) is 0.758. The van der Waals surface area contributed by atoms with Gasteiger partial charge in [0.1, 0.15) is 0 Å². The summed E-state index contributed by atoms with van der Waals surface area (Å²) in [5, 5.41) is 9.07. The molecule has 0 aromatic heterocycles. The molecule has 0 saturated carbocycles. The monoisotopic (exact) mass is 215 g/mol. The van der Waals surface area contributed by atoms with Gasteiger partial charge in [-0.05, 0) is 18.1 Å². The van der Waals surface area contributed by atoms with Crippen LogP contribution in [0.1, 0.15) is 5.56 Å². The normalized spacial score (nSPS) is 18.7. The fraction of sp³-hybridized carbons (Fsp3) is 0.308. The molecular weight excluding hydrogens is 202 g/mol. The number of rotatable bonds is 2. The van der Waals surface area contributed by atoms with Crippen molar-refractivity contribution in [3.63, 3.8) is 0 Å². The predicted octanol–water partition coefficient (Wildman–Crippen LogP) is 1.38. The van der Waals surface area contributed by atoms with Crippen LogP contribution in [0.3, 0.4) is 0 Å². The maximum absolute atomic E-state index is 11.0. The van der Waals surface area contributed by atoms with Gasteiger partial charge in [0.05, 0.1) is 12.5 Å². The Bertz CT molecular complexity index is 447. The number of carbonyl (C=O) groups is 1. The molecular formula is C13H13NO2. The number of carboxylic acid groups (broad SMARTS) is 1. The predicted molar refractivity (Wildman–Crippen MR) is 62.3 cm³/mol. The zero-order chi connectivity index (χ0) is 11.5. The van der Waals surface area contributed by atoms with E-state index >= 15 is 0 Å². The van der Waals surface area contributed by atoms with E-state index in [1.54, 1.807) is 0 Å². The zero-order valence-corrected chi connectivity index (χ0v) is 8.89. The average molecular weight is 215 g/mol. The van der Waals surface area contributed by atoms with Gasteiger partial charge in [-0.1, -0.05) is 24.1 Å². The van der Waals surface area contributed by atoms with Crippen LogP contribution in [0.4, 0.5) is 5.69 Å². The molecule has 1 aromatic rings. The molecule has 1 heterocycles. The van der Waals surface area contributed by atoms with Crippen LogP contribution < -0.4 is 4.90 Å². The molecule has 1 aliphatic rings. The number of terminal acetylenes is 1. The van der Waals surface area contributed by atoms with Crippen LogP contribution in [0, 0.1) is 18.3 Å². The van der Waals surface area contributed by atoms with Gasteiger partial charge in [0.25, 0.3) is 0 Å². The number of hydrogen-bond acceptors (Lipinski definition) is 2. The summed E-state index contributed by atoms with van der Waals surface area (Å²) in [6.07, 6.45) is 5.89. The first kappa shape index (κ1) is 10.6. The fourth-order valence-corrected chi connectivity index (χ4v) is 2.11. The van der Waals surface area contributed by atoms with Gasteiger partial charge in [0.15, 0.2) is 0 Å². The van der Waals surface area contributed by atoms with Crippen LogP contribution in [-0.4, -0.2) is 24.2 Å². The van der Waals surface area contributed by atoms with E-state index in [0.29, 0.717) is 19.5 Å². The average Bonchev–Trinajstić information content (AvgIpc) is 2.29. The molecule has 0 saturated heterocycles. The van der Waals surface area contributed by atoms with E-state index in [9.17, 15) is 4.79 Å². The van der Waals surface area contributed by atoms with Crippen molar-refractivity contribution in [1.29, 1.82) is 0 Å². The highest BCUT2D eigenvalue weighted by atomic mass is 16.4. The van der Waals surface area contributed by atoms with E-state index < -0.39 is 5.97 Å². The SMILES string of the molecule is C#CCN1CC(C(=O)O)Cc2ccccc21. The van der Waals surface area contributed by atoms with Crippen LogP contribution in [0.25, 0.3) is 0 Å². The van der Waals surface area contributed by atoms with Crippen LogP contribution >= 0.6 is 0 Å². The Morgan fingerprint density at radius 1 is 1.56 bits per heavy atom. The van der Waals surface area contributed by atoms with Crippen molar-refractivity contribution in [1.82, 2.24) is 0 Å². The maximum Gasteiger partial charge on any atom is 0.308 e. The van der Waals surface area contributed by atoms with Crippen LogP contribution in [-0.2, 0) is 11.2 Å². The van der Waals surface area contributed by atoms with Crippen molar-refractivity contribution in [2.75, 3.05) is 18.0 Å². The van der Waals surface area contributed by atoms with Gasteiger partial charge in [-0.25, -0.2) is 0 Å². The Morgan fingerprint density at radius 3 is 3.00 bits per heavy atom. The van der Waals surface area contributed by atoms with E-state index in [1.165, 1.54) is 0 Å². The maximum atomic E-state index is 11.0. The molecule has 0 aliphatic carbocycles. The summed E-state index contributed by atoms with van der Waals surface area (Å²) in [5.74, 6) is 1.46. The lowest BCUT2D eigenvalue weighted by Crippen LogP contribution is -2.39. The molecule has 0 spiro atoms. The van der Waals surface area contributed by atoms with Crippen LogP contribution in [0.5, 0.6) is 0 Å². The van der Waals surface area contributed by atoms with Crippen LogP contribution in [0.2, 0.25) is 0 Å². The van der Waals surface area contributed by atoms with Crippen molar-refractivity contribution < 1.29 is 9.90 Å². The Kier molecular flexibility index (Phi) is 2.82. The fourth-order valence-electron chi connectivity index (χ4n) is 2.11. The first-order valence-electron chi connectivity index (χ1n) is 5.21. The zero-order valence-electron chi connectivity index (χ0n) is 8.89. The summed E-state index contributed by atoms with van der Waals surface area (Å²) >= 11 is 0. The summed E-state index contributed by atoms with van der Waals surface area (Å²) in [7, 11) is 0. The lowest BCUT2D eigenvalue weighted by atomic mass is 9.92. The number of carboxylic acids is 1. The second-order valence-electron chi connectivity index (χ2n) is 3.95. The molecule has 1 atom stereocenters. The van der Waals surface area contributed by atoms with Crippen molar-refractivity contribution in [2.45, 2.75) is 6.42 Å². The summed E-state index contributed by atoms with van der Waals surface area (Å²) in [6.45, 7) is 0.956. The Balaban J connectivity index is 2.34. The molecule has 0 bridgehead atoms. The van der Waals surface area contributed by atoms with E-state index in [1.807, 2.05) is 29.2 Å². The molecule has 2 rings (SSSR count). The first-order chi connectivity index (χ1) is 7.72. The van der Waals surface area contributed by atoms with E-state index in [-0.39, 0.29) is 5.92 Å². The Hall–Kier alpha value is -1.95. The highest BCUT2D eigenvalue weighted by molar-refractivity contribution is 5.74. The summed E-state index contributed by atoms with van der Waals surface area (Å²) < 4.78 is 0. The van der Waals surface area contributed by atoms with Crippen molar-refractivity contribution in [3.05, 3.63) is 29.8 Å². The van der Waals surface area contributed by atoms with Gasteiger partial charge in [0.2, 0.25) is 0 Å². The van der Waals surface area contributed by atoms with E-state index in [4.69, 9.17) is 11.5 Å². The number of aliphatic carboxylic acids is 1. The molecule has 3 nitrogen and oxygen atoms in total. The molecule has 1 aromatic carbocycles.